The fraction of sp³-hybridized carbons (Fsp3) is 0.762. The van der Waals surface area contributed by atoms with Crippen LogP contribution in [0.15, 0.2) is 0 Å². The van der Waals surface area contributed by atoms with Gasteiger partial charge < -0.3 is 16.0 Å². The van der Waals surface area contributed by atoms with E-state index in [1.54, 1.807) is 5.32 Å². The summed E-state index contributed by atoms with van der Waals surface area (Å²) in [6.45, 7) is 8.11. The number of halogens is 4. The minimum atomic E-state index is -5.20. The zero-order chi connectivity index (χ0) is 27.1. The van der Waals surface area contributed by atoms with Crippen molar-refractivity contribution in [3.63, 3.8) is 0 Å². The number of hydrogen-bond donors (Lipinski definition) is 3. The summed E-state index contributed by atoms with van der Waals surface area (Å²) in [6.07, 6.45) is -5.46. The summed E-state index contributed by atoms with van der Waals surface area (Å²) in [5.74, 6) is -6.23. The molecule has 1 saturated carbocycles. The first kappa shape index (κ1) is 28.7. The van der Waals surface area contributed by atoms with Crippen LogP contribution in [0.4, 0.5) is 13.2 Å². The van der Waals surface area contributed by atoms with Gasteiger partial charge in [0.15, 0.2) is 0 Å². The van der Waals surface area contributed by atoms with Gasteiger partial charge in [-0.15, -0.1) is 11.6 Å². The maximum atomic E-state index is 13.4. The Hall–Kier alpha value is -2.57. The van der Waals surface area contributed by atoms with E-state index in [4.69, 9.17) is 17.3 Å². The minimum Gasteiger partial charge on any atom is -0.370 e. The highest BCUT2D eigenvalue weighted by Crippen LogP contribution is 2.65. The first-order valence-corrected chi connectivity index (χ1v) is 11.5. The van der Waals surface area contributed by atoms with Crippen LogP contribution in [0.5, 0.6) is 0 Å². The molecule has 0 unspecified atom stereocenters. The summed E-state index contributed by atoms with van der Waals surface area (Å²) in [5.41, 5.74) is 6.05. The number of likely N-dealkylation sites (tertiary alicyclic amines) is 1. The molecule has 4 atom stereocenters. The van der Waals surface area contributed by atoms with Gasteiger partial charge in [0.25, 0.3) is 11.8 Å². The zero-order valence-corrected chi connectivity index (χ0v) is 20.9. The molecule has 0 bridgehead atoms. The van der Waals surface area contributed by atoms with Crippen molar-refractivity contribution in [2.24, 2.45) is 28.4 Å². The van der Waals surface area contributed by atoms with Crippen molar-refractivity contribution in [2.75, 3.05) is 19.0 Å². The SMILES string of the molecule is CC(C)(C)[C@H](NC(=O)C(F)(F)F)C(=O)N1C[C@H]2[C@@H]([C@H]1C(=O)NN(CCC(N)=O)C(=O)CCl)C2(C)C. The van der Waals surface area contributed by atoms with Crippen molar-refractivity contribution < 1.29 is 37.1 Å². The van der Waals surface area contributed by atoms with Crippen molar-refractivity contribution >= 4 is 41.1 Å². The second kappa shape index (κ2) is 9.82. The first-order chi connectivity index (χ1) is 15.8. The number of rotatable bonds is 7. The lowest BCUT2D eigenvalue weighted by atomic mass is 9.85. The fourth-order valence-electron chi connectivity index (χ4n) is 4.58. The van der Waals surface area contributed by atoms with E-state index in [0.717, 1.165) is 9.91 Å². The van der Waals surface area contributed by atoms with Crippen LogP contribution in [0.1, 0.15) is 41.0 Å². The molecule has 0 aromatic carbocycles. The zero-order valence-electron chi connectivity index (χ0n) is 20.2. The minimum absolute atomic E-state index is 0.0911. The van der Waals surface area contributed by atoms with Gasteiger partial charge in [0, 0.05) is 13.0 Å². The largest absolute Gasteiger partial charge is 0.471 e. The number of fused-ring (bicyclic) bond motifs is 1. The Morgan fingerprint density at radius 3 is 2.20 bits per heavy atom. The molecule has 4 N–H and O–H groups in total. The molecule has 2 aliphatic rings. The molecule has 10 nitrogen and oxygen atoms in total. The molecule has 0 aromatic rings. The Labute approximate surface area is 206 Å². The van der Waals surface area contributed by atoms with Gasteiger partial charge in [-0.2, -0.15) is 13.2 Å². The number of carbonyl (C=O) groups is 5. The van der Waals surface area contributed by atoms with Gasteiger partial charge in [-0.05, 0) is 22.7 Å². The number of nitrogens with zero attached hydrogens (tertiary/aromatic N) is 2. The molecular formula is C21H31ClF3N5O5. The van der Waals surface area contributed by atoms with Crippen LogP contribution in [-0.2, 0) is 24.0 Å². The molecule has 198 valence electrons. The smallest absolute Gasteiger partial charge is 0.370 e. The number of hydrazine groups is 1. The number of primary amides is 1. The first-order valence-electron chi connectivity index (χ1n) is 11.0. The van der Waals surface area contributed by atoms with Crippen LogP contribution in [-0.4, -0.2) is 76.7 Å². The second-order valence-electron chi connectivity index (χ2n) is 10.5. The number of nitrogens with two attached hydrogens (primary N) is 1. The van der Waals surface area contributed by atoms with Gasteiger partial charge in [0.1, 0.15) is 18.0 Å². The number of amides is 5. The fourth-order valence-corrected chi connectivity index (χ4v) is 4.72. The topological polar surface area (TPSA) is 142 Å². The van der Waals surface area contributed by atoms with Crippen LogP contribution in [0.3, 0.4) is 0 Å². The van der Waals surface area contributed by atoms with E-state index in [2.05, 4.69) is 5.43 Å². The van der Waals surface area contributed by atoms with E-state index in [0.29, 0.717) is 0 Å². The highest BCUT2D eigenvalue weighted by Gasteiger charge is 2.70. The van der Waals surface area contributed by atoms with Crippen molar-refractivity contribution in [1.29, 1.82) is 0 Å². The van der Waals surface area contributed by atoms with Crippen molar-refractivity contribution in [2.45, 2.75) is 59.3 Å². The Balaban J connectivity index is 2.33. The quantitative estimate of drug-likeness (QED) is 0.328. The van der Waals surface area contributed by atoms with Crippen molar-refractivity contribution in [1.82, 2.24) is 20.7 Å². The van der Waals surface area contributed by atoms with Gasteiger partial charge >= 0.3 is 12.1 Å². The Morgan fingerprint density at radius 1 is 1.17 bits per heavy atom. The summed E-state index contributed by atoms with van der Waals surface area (Å²) in [5, 5.41) is 2.60. The molecule has 14 heteroatoms. The number of carbonyl (C=O) groups excluding carboxylic acids is 5. The van der Waals surface area contributed by atoms with Crippen LogP contribution < -0.4 is 16.5 Å². The highest BCUT2D eigenvalue weighted by atomic mass is 35.5. The molecule has 1 saturated heterocycles. The van der Waals surface area contributed by atoms with Gasteiger partial charge in [0.2, 0.25) is 11.8 Å². The highest BCUT2D eigenvalue weighted by molar-refractivity contribution is 6.27. The van der Waals surface area contributed by atoms with Gasteiger partial charge in [-0.25, -0.2) is 0 Å². The number of hydrogen-bond acceptors (Lipinski definition) is 5. The van der Waals surface area contributed by atoms with E-state index in [1.807, 2.05) is 13.8 Å². The lowest BCUT2D eigenvalue weighted by Crippen LogP contribution is -2.62. The van der Waals surface area contributed by atoms with Crippen LogP contribution >= 0.6 is 11.6 Å². The average molecular weight is 526 g/mol. The lowest BCUT2D eigenvalue weighted by Gasteiger charge is -2.38. The number of nitrogens with one attached hydrogen (secondary N) is 2. The third-order valence-electron chi connectivity index (χ3n) is 6.65. The predicted molar refractivity (Wildman–Crippen MR) is 118 cm³/mol. The van der Waals surface area contributed by atoms with E-state index in [1.165, 1.54) is 20.8 Å². The summed E-state index contributed by atoms with van der Waals surface area (Å²) in [6, 6.07) is -2.68. The average Bonchev–Trinajstić information content (AvgIpc) is 3.06. The molecule has 0 radical (unpaired) electrons. The monoisotopic (exact) mass is 525 g/mol. The number of piperidine rings is 1. The van der Waals surface area contributed by atoms with E-state index < -0.39 is 59.1 Å². The van der Waals surface area contributed by atoms with Crippen LogP contribution in [0.2, 0.25) is 0 Å². The molecule has 1 aliphatic carbocycles. The molecule has 5 amide bonds. The molecule has 1 aliphatic heterocycles. The molecule has 35 heavy (non-hydrogen) atoms. The Kier molecular flexibility index (Phi) is 8.05. The van der Waals surface area contributed by atoms with Crippen LogP contribution in [0.25, 0.3) is 0 Å². The van der Waals surface area contributed by atoms with Gasteiger partial charge in [-0.3, -0.25) is 34.4 Å². The predicted octanol–water partition coefficient (Wildman–Crippen LogP) is 0.537. The van der Waals surface area contributed by atoms with E-state index in [9.17, 15) is 37.1 Å². The molecule has 0 aromatic heterocycles. The summed E-state index contributed by atoms with van der Waals surface area (Å²) < 4.78 is 38.7. The van der Waals surface area contributed by atoms with Gasteiger partial charge in [0.05, 0.1) is 6.54 Å². The van der Waals surface area contributed by atoms with Crippen molar-refractivity contribution in [3.8, 4) is 0 Å². The van der Waals surface area contributed by atoms with Crippen molar-refractivity contribution in [3.05, 3.63) is 0 Å². The molecular weight excluding hydrogens is 495 g/mol. The summed E-state index contributed by atoms with van der Waals surface area (Å²) in [7, 11) is 0. The molecule has 2 rings (SSSR count). The summed E-state index contributed by atoms with van der Waals surface area (Å²) in [4.78, 5) is 62.8. The second-order valence-corrected chi connectivity index (χ2v) is 10.8. The Morgan fingerprint density at radius 2 is 1.74 bits per heavy atom. The Bertz CT molecular complexity index is 905. The third kappa shape index (κ3) is 6.17. The normalized spacial score (nSPS) is 23.7. The maximum Gasteiger partial charge on any atom is 0.471 e. The van der Waals surface area contributed by atoms with Gasteiger partial charge in [-0.1, -0.05) is 34.6 Å². The molecule has 2 fully saturated rings. The molecule has 1 heterocycles. The number of alkyl halides is 4. The van der Waals surface area contributed by atoms with E-state index >= 15 is 0 Å². The standard InChI is InChI=1S/C21H31ClF3N5O5/c1-19(2,3)15(27-18(35)21(23,24)25)17(34)29-9-10-13(20(10,4)5)14(29)16(33)28-30(12(32)8-22)7-6-11(26)31/h10,13-15H,6-9H2,1-5H3,(H2,26,31)(H,27,35)(H,28,33)/t10-,13-,14-,15+/m0/s1. The van der Waals surface area contributed by atoms with Crippen LogP contribution in [0, 0.1) is 22.7 Å². The summed E-state index contributed by atoms with van der Waals surface area (Å²) >= 11 is 5.59. The molecule has 0 spiro atoms. The lowest BCUT2D eigenvalue weighted by molar-refractivity contribution is -0.176. The third-order valence-corrected chi connectivity index (χ3v) is 6.88. The van der Waals surface area contributed by atoms with E-state index in [-0.39, 0.29) is 36.8 Å². The maximum absolute atomic E-state index is 13.4.